The molecule has 124 valence electrons. The zero-order chi connectivity index (χ0) is 16.8. The molecule has 0 bridgehead atoms. The average molecular weight is 390 g/mol. The molecule has 1 aromatic rings. The Hall–Kier alpha value is -1.77. The summed E-state index contributed by atoms with van der Waals surface area (Å²) in [4.78, 5) is 9.55. The van der Waals surface area contributed by atoms with Crippen LogP contribution in [0.4, 0.5) is 18.9 Å². The molecule has 3 rings (SSSR count). The second kappa shape index (κ2) is 5.70. The lowest BCUT2D eigenvalue weighted by molar-refractivity contribution is 0.303. The van der Waals surface area contributed by atoms with Crippen molar-refractivity contribution in [1.82, 2.24) is 0 Å². The van der Waals surface area contributed by atoms with Crippen LogP contribution in [-0.4, -0.2) is 17.6 Å². The predicted molar refractivity (Wildman–Crippen MR) is 85.6 cm³/mol. The summed E-state index contributed by atoms with van der Waals surface area (Å²) in [6, 6.07) is 0.769. The van der Waals surface area contributed by atoms with Crippen LogP contribution in [0.3, 0.4) is 0 Å². The van der Waals surface area contributed by atoms with Gasteiger partial charge in [0.1, 0.15) is 5.66 Å². The average Bonchev–Trinajstić information content (AvgIpc) is 2.50. The molecule has 0 amide bonds. The first-order valence-electron chi connectivity index (χ1n) is 7.18. The van der Waals surface area contributed by atoms with Crippen LogP contribution in [0, 0.1) is 17.5 Å². The summed E-state index contributed by atoms with van der Waals surface area (Å²) in [6.07, 6.45) is 3.83. The molecule has 1 fully saturated rings. The third-order valence-corrected chi connectivity index (χ3v) is 4.87. The molecule has 1 aliphatic heterocycles. The Morgan fingerprint density at radius 1 is 1.09 bits per heavy atom. The van der Waals surface area contributed by atoms with Crippen LogP contribution in [0.25, 0.3) is 0 Å². The Morgan fingerprint density at radius 2 is 1.74 bits per heavy atom. The third kappa shape index (κ3) is 2.56. The van der Waals surface area contributed by atoms with E-state index in [2.05, 4.69) is 25.9 Å². The number of benzene rings is 1. The second-order valence-corrected chi connectivity index (χ2v) is 6.43. The fourth-order valence-electron chi connectivity index (χ4n) is 3.19. The summed E-state index contributed by atoms with van der Waals surface area (Å²) in [7, 11) is 0. The van der Waals surface area contributed by atoms with Gasteiger partial charge in [-0.15, -0.1) is 0 Å². The van der Waals surface area contributed by atoms with Gasteiger partial charge >= 0.3 is 0 Å². The topological polar surface area (TPSA) is 80.0 Å². The number of halogens is 4. The summed E-state index contributed by atoms with van der Waals surface area (Å²) >= 11 is 2.73. The Morgan fingerprint density at radius 3 is 2.39 bits per heavy atom. The minimum atomic E-state index is -1.29. The van der Waals surface area contributed by atoms with Crippen molar-refractivity contribution in [3.63, 3.8) is 0 Å². The standard InChI is InChI=1S/C14H15BrF3N5/c15-9-10(17)7(16)6-8(11(9)18)23-13(20)21-12(19)22-14(23)4-2-1-3-5-14/h6H,1-5H2,(H4,19,20,21,22). The van der Waals surface area contributed by atoms with E-state index >= 15 is 0 Å². The first-order chi connectivity index (χ1) is 10.9. The fourth-order valence-corrected chi connectivity index (χ4v) is 3.59. The number of hydrogen-bond donors (Lipinski definition) is 2. The minimum Gasteiger partial charge on any atom is -0.369 e. The predicted octanol–water partition coefficient (Wildman–Crippen LogP) is 2.98. The Bertz CT molecular complexity index is 713. The fraction of sp³-hybridized carbons (Fsp3) is 0.429. The maximum Gasteiger partial charge on any atom is 0.220 e. The lowest BCUT2D eigenvalue weighted by Gasteiger charge is -2.45. The van der Waals surface area contributed by atoms with Crippen molar-refractivity contribution >= 4 is 33.5 Å². The van der Waals surface area contributed by atoms with E-state index in [0.717, 1.165) is 25.3 Å². The van der Waals surface area contributed by atoms with Crippen molar-refractivity contribution in [3.8, 4) is 0 Å². The van der Waals surface area contributed by atoms with Gasteiger partial charge in [-0.05, 0) is 41.6 Å². The molecule has 1 saturated carbocycles. The van der Waals surface area contributed by atoms with E-state index in [1.165, 1.54) is 4.90 Å². The number of aliphatic imine (C=N–C) groups is 2. The molecule has 0 atom stereocenters. The van der Waals surface area contributed by atoms with Crippen molar-refractivity contribution in [1.29, 1.82) is 0 Å². The maximum absolute atomic E-state index is 14.5. The lowest BCUT2D eigenvalue weighted by Crippen LogP contribution is -2.58. The molecule has 23 heavy (non-hydrogen) atoms. The smallest absolute Gasteiger partial charge is 0.220 e. The van der Waals surface area contributed by atoms with Crippen LogP contribution < -0.4 is 16.4 Å². The van der Waals surface area contributed by atoms with E-state index in [1.54, 1.807) is 0 Å². The van der Waals surface area contributed by atoms with Gasteiger partial charge in [-0.25, -0.2) is 18.2 Å². The number of hydrogen-bond acceptors (Lipinski definition) is 5. The molecular formula is C14H15BrF3N5. The van der Waals surface area contributed by atoms with Crippen molar-refractivity contribution in [2.75, 3.05) is 4.90 Å². The molecule has 0 saturated heterocycles. The summed E-state index contributed by atoms with van der Waals surface area (Å²) in [5.41, 5.74) is 10.5. The number of nitrogens with zero attached hydrogens (tertiary/aromatic N) is 3. The van der Waals surface area contributed by atoms with Gasteiger partial charge in [0, 0.05) is 6.07 Å². The third-order valence-electron chi connectivity index (χ3n) is 4.18. The van der Waals surface area contributed by atoms with Gasteiger partial charge in [0.05, 0.1) is 10.2 Å². The highest BCUT2D eigenvalue weighted by Crippen LogP contribution is 2.42. The second-order valence-electron chi connectivity index (χ2n) is 5.64. The molecule has 1 heterocycles. The van der Waals surface area contributed by atoms with Gasteiger partial charge in [0.2, 0.25) is 11.9 Å². The van der Waals surface area contributed by atoms with Crippen LogP contribution in [0.1, 0.15) is 32.1 Å². The van der Waals surface area contributed by atoms with E-state index < -0.39 is 27.6 Å². The zero-order valence-electron chi connectivity index (χ0n) is 12.1. The van der Waals surface area contributed by atoms with E-state index in [-0.39, 0.29) is 17.6 Å². The lowest BCUT2D eigenvalue weighted by atomic mass is 9.87. The van der Waals surface area contributed by atoms with E-state index in [9.17, 15) is 13.2 Å². The highest BCUT2D eigenvalue weighted by molar-refractivity contribution is 9.10. The van der Waals surface area contributed by atoms with Crippen LogP contribution in [0.15, 0.2) is 20.5 Å². The van der Waals surface area contributed by atoms with Crippen LogP contribution in [0.2, 0.25) is 0 Å². The maximum atomic E-state index is 14.5. The van der Waals surface area contributed by atoms with Crippen LogP contribution >= 0.6 is 15.9 Å². The van der Waals surface area contributed by atoms with Gasteiger partial charge in [-0.3, -0.25) is 4.90 Å². The highest BCUT2D eigenvalue weighted by Gasteiger charge is 2.44. The van der Waals surface area contributed by atoms with E-state index in [1.807, 2.05) is 0 Å². The molecule has 0 unspecified atom stereocenters. The van der Waals surface area contributed by atoms with Gasteiger partial charge in [0.25, 0.3) is 0 Å². The zero-order valence-corrected chi connectivity index (χ0v) is 13.7. The number of rotatable bonds is 1. The van der Waals surface area contributed by atoms with Crippen molar-refractivity contribution in [2.24, 2.45) is 21.5 Å². The SMILES string of the molecule is NC1=NC2(CCCCC2)N(c2cc(F)c(F)c(Br)c2F)C(N)=N1. The van der Waals surface area contributed by atoms with Gasteiger partial charge in [0.15, 0.2) is 17.5 Å². The highest BCUT2D eigenvalue weighted by atomic mass is 79.9. The quantitative estimate of drug-likeness (QED) is 0.572. The molecule has 9 heteroatoms. The molecule has 1 aromatic carbocycles. The summed E-state index contributed by atoms with van der Waals surface area (Å²) < 4.78 is 41.3. The van der Waals surface area contributed by atoms with Gasteiger partial charge in [-0.1, -0.05) is 6.42 Å². The largest absolute Gasteiger partial charge is 0.369 e. The van der Waals surface area contributed by atoms with Crippen LogP contribution in [-0.2, 0) is 0 Å². The number of nitrogens with two attached hydrogens (primary N) is 2. The number of guanidine groups is 2. The van der Waals surface area contributed by atoms with Crippen LogP contribution in [0.5, 0.6) is 0 Å². The Labute approximate surface area is 139 Å². The summed E-state index contributed by atoms with van der Waals surface area (Å²) in [5.74, 6) is -3.52. The first-order valence-corrected chi connectivity index (χ1v) is 7.98. The van der Waals surface area contributed by atoms with Crippen molar-refractivity contribution < 1.29 is 13.2 Å². The van der Waals surface area contributed by atoms with Crippen molar-refractivity contribution in [3.05, 3.63) is 28.0 Å². The van der Waals surface area contributed by atoms with E-state index in [0.29, 0.717) is 12.8 Å². The molecule has 0 aromatic heterocycles. The normalized spacial score (nSPS) is 20.4. The summed E-state index contributed by atoms with van der Waals surface area (Å²) in [5, 5.41) is 0. The first kappa shape index (κ1) is 16.1. The number of anilines is 1. The van der Waals surface area contributed by atoms with Crippen molar-refractivity contribution in [2.45, 2.75) is 37.8 Å². The molecular weight excluding hydrogens is 375 g/mol. The molecule has 1 aliphatic carbocycles. The molecule has 2 aliphatic rings. The van der Waals surface area contributed by atoms with E-state index in [4.69, 9.17) is 11.5 Å². The minimum absolute atomic E-state index is 0.00251. The Kier molecular flexibility index (Phi) is 3.99. The molecule has 0 radical (unpaired) electrons. The monoisotopic (exact) mass is 389 g/mol. The summed E-state index contributed by atoms with van der Waals surface area (Å²) in [6.45, 7) is 0. The molecule has 5 nitrogen and oxygen atoms in total. The van der Waals surface area contributed by atoms with Gasteiger partial charge < -0.3 is 11.5 Å². The Balaban J connectivity index is 2.18. The molecule has 1 spiro atoms. The molecule has 4 N–H and O–H groups in total. The van der Waals surface area contributed by atoms with Gasteiger partial charge in [-0.2, -0.15) is 4.99 Å².